The van der Waals surface area contributed by atoms with Gasteiger partial charge >= 0.3 is 23.9 Å². The van der Waals surface area contributed by atoms with Crippen LogP contribution in [0.3, 0.4) is 0 Å². The molecule has 23 heavy (non-hydrogen) atoms. The largest absolute Gasteiger partial charge is 0.481 e. The van der Waals surface area contributed by atoms with Gasteiger partial charge in [-0.2, -0.15) is 0 Å². The van der Waals surface area contributed by atoms with Crippen molar-refractivity contribution in [2.45, 2.75) is 30.4 Å². The molecule has 3 N–H and O–H groups in total. The van der Waals surface area contributed by atoms with Gasteiger partial charge in [0.1, 0.15) is 5.01 Å². The Kier molecular flexibility index (Phi) is 6.95. The van der Waals surface area contributed by atoms with Crippen LogP contribution in [0.2, 0.25) is 0 Å². The van der Waals surface area contributed by atoms with Gasteiger partial charge in [0, 0.05) is 18.3 Å². The van der Waals surface area contributed by atoms with Gasteiger partial charge in [-0.15, -0.1) is 0 Å². The van der Waals surface area contributed by atoms with Crippen LogP contribution in [0, 0.1) is 17.8 Å². The molecule has 1 saturated heterocycles. The number of carboxylic acids is 3. The second-order valence-electron chi connectivity index (χ2n) is 5.22. The lowest BCUT2D eigenvalue weighted by Crippen LogP contribution is -2.51. The van der Waals surface area contributed by atoms with Crippen molar-refractivity contribution in [1.82, 2.24) is 0 Å². The highest BCUT2D eigenvalue weighted by Gasteiger charge is 2.49. The third kappa shape index (κ3) is 5.17. The van der Waals surface area contributed by atoms with E-state index in [1.54, 1.807) is 0 Å². The number of aliphatic carboxylic acids is 3. The fourth-order valence-electron chi connectivity index (χ4n) is 2.83. The van der Waals surface area contributed by atoms with Gasteiger partial charge in [-0.25, -0.2) is 4.79 Å². The van der Waals surface area contributed by atoms with E-state index in [-0.39, 0.29) is 0 Å². The molecule has 0 radical (unpaired) electrons. The zero-order valence-electron chi connectivity index (χ0n) is 12.2. The van der Waals surface area contributed by atoms with Crippen LogP contribution < -0.4 is 0 Å². The van der Waals surface area contributed by atoms with Crippen LogP contribution in [-0.4, -0.2) is 57.4 Å². The predicted octanol–water partition coefficient (Wildman–Crippen LogP) is 0.552. The monoisotopic (exact) mass is 396 g/mol. The number of hydrogen-bond donors (Lipinski definition) is 3. The van der Waals surface area contributed by atoms with E-state index in [2.05, 4.69) is 20.7 Å². The van der Waals surface area contributed by atoms with E-state index in [0.717, 1.165) is 7.11 Å². The lowest BCUT2D eigenvalue weighted by Gasteiger charge is -2.43. The molecule has 5 atom stereocenters. The Morgan fingerprint density at radius 2 is 1.35 bits per heavy atom. The third-order valence-electron chi connectivity index (χ3n) is 3.77. The zero-order chi connectivity index (χ0) is 17.7. The molecule has 0 aromatic carbocycles. The number of carbonyl (C=O) groups excluding carboxylic acids is 1. The molecular formula is C13H17BrO9. The summed E-state index contributed by atoms with van der Waals surface area (Å²) in [6.45, 7) is 0. The van der Waals surface area contributed by atoms with Crippen molar-refractivity contribution in [3.63, 3.8) is 0 Å². The van der Waals surface area contributed by atoms with Crippen LogP contribution in [0.15, 0.2) is 0 Å². The van der Waals surface area contributed by atoms with Crippen LogP contribution in [0.4, 0.5) is 0 Å². The molecule has 1 aliphatic rings. The number of rotatable bonds is 7. The quantitative estimate of drug-likeness (QED) is 0.414. The number of ether oxygens (including phenoxy) is 2. The van der Waals surface area contributed by atoms with Crippen molar-refractivity contribution in [1.29, 1.82) is 0 Å². The van der Waals surface area contributed by atoms with Gasteiger partial charge in [0.2, 0.25) is 0 Å². The van der Waals surface area contributed by atoms with Crippen LogP contribution in [0.25, 0.3) is 0 Å². The molecule has 0 spiro atoms. The summed E-state index contributed by atoms with van der Waals surface area (Å²) in [6.07, 6.45) is -2.71. The van der Waals surface area contributed by atoms with Crippen molar-refractivity contribution in [2.24, 2.45) is 17.8 Å². The Balaban J connectivity index is 3.21. The van der Waals surface area contributed by atoms with Gasteiger partial charge in [-0.3, -0.25) is 14.4 Å². The van der Waals surface area contributed by atoms with E-state index in [1.807, 2.05) is 0 Å². The van der Waals surface area contributed by atoms with Crippen LogP contribution >= 0.6 is 15.9 Å². The molecule has 130 valence electrons. The molecule has 9 nitrogen and oxygen atoms in total. The number of esters is 1. The Bertz CT molecular complexity index is 492. The second kappa shape index (κ2) is 8.25. The lowest BCUT2D eigenvalue weighted by atomic mass is 9.72. The Labute approximate surface area is 139 Å². The van der Waals surface area contributed by atoms with E-state index >= 15 is 0 Å². The van der Waals surface area contributed by atoms with E-state index in [1.165, 1.54) is 0 Å². The molecule has 0 aromatic heterocycles. The molecule has 1 aliphatic heterocycles. The van der Waals surface area contributed by atoms with Crippen molar-refractivity contribution in [2.75, 3.05) is 7.11 Å². The number of hydrogen-bond acceptors (Lipinski definition) is 6. The third-order valence-corrected chi connectivity index (χ3v) is 4.66. The summed E-state index contributed by atoms with van der Waals surface area (Å²) < 4.78 is 9.98. The molecule has 0 saturated carbocycles. The second-order valence-corrected chi connectivity index (χ2v) is 6.12. The van der Waals surface area contributed by atoms with Crippen molar-refractivity contribution >= 4 is 39.8 Å². The number of alkyl halides is 1. The number of halogens is 1. The van der Waals surface area contributed by atoms with Gasteiger partial charge < -0.3 is 24.8 Å². The van der Waals surface area contributed by atoms with E-state index in [9.17, 15) is 19.2 Å². The van der Waals surface area contributed by atoms with Crippen molar-refractivity contribution in [3.8, 4) is 0 Å². The van der Waals surface area contributed by atoms with Crippen LogP contribution in [-0.2, 0) is 28.7 Å². The normalized spacial score (nSPS) is 30.4. The van der Waals surface area contributed by atoms with E-state index in [4.69, 9.17) is 20.1 Å². The van der Waals surface area contributed by atoms with Crippen LogP contribution in [0.5, 0.6) is 0 Å². The summed E-state index contributed by atoms with van der Waals surface area (Å²) in [5.74, 6) is -7.14. The summed E-state index contributed by atoms with van der Waals surface area (Å²) in [6, 6.07) is 0. The Morgan fingerprint density at radius 3 is 1.78 bits per heavy atom. The molecule has 0 bridgehead atoms. The number of methoxy groups -OCH3 is 1. The minimum Gasteiger partial charge on any atom is -0.481 e. The van der Waals surface area contributed by atoms with E-state index in [0.29, 0.717) is 0 Å². The maximum absolute atomic E-state index is 11.8. The summed E-state index contributed by atoms with van der Waals surface area (Å²) in [5.41, 5.74) is 0. The first-order valence-electron chi connectivity index (χ1n) is 6.70. The van der Waals surface area contributed by atoms with Gasteiger partial charge in [0.25, 0.3) is 0 Å². The maximum atomic E-state index is 11.8. The first-order valence-corrected chi connectivity index (χ1v) is 7.61. The average molecular weight is 397 g/mol. The Morgan fingerprint density at radius 1 is 0.913 bits per heavy atom. The maximum Gasteiger partial charge on any atom is 0.335 e. The van der Waals surface area contributed by atoms with Crippen molar-refractivity contribution < 1.29 is 44.0 Å². The summed E-state index contributed by atoms with van der Waals surface area (Å²) in [5, 5.41) is 26.2. The first-order chi connectivity index (χ1) is 10.7. The van der Waals surface area contributed by atoms with Crippen molar-refractivity contribution in [3.05, 3.63) is 0 Å². The van der Waals surface area contributed by atoms with Gasteiger partial charge in [0.05, 0.1) is 20.0 Å². The first kappa shape index (κ1) is 19.4. The molecule has 1 fully saturated rings. The summed E-state index contributed by atoms with van der Waals surface area (Å²) in [7, 11) is 1.10. The zero-order valence-corrected chi connectivity index (χ0v) is 13.8. The molecule has 1 heterocycles. The standard InChI is InChI=1S/C13H17BrO9/c1-22-13(21)11-6(3-9(17)18)5(2-8(15)16)7(4-10(19)20)12(14)23-11/h5-7,11-12H,2-4H2,1H3,(H,15,16)(H,17,18)(H,19,20)/t5-,6-,7+,11-,12+/m0/s1. The summed E-state index contributed by atoms with van der Waals surface area (Å²) >= 11 is 3.11. The molecule has 0 amide bonds. The molecular weight excluding hydrogens is 380 g/mol. The highest BCUT2D eigenvalue weighted by Crippen LogP contribution is 2.43. The SMILES string of the molecule is COC(=O)[C@H]1O[C@@H](Br)[C@H](CC(=O)O)[C@@H](CC(=O)O)[C@@H]1CC(=O)O. The molecule has 0 aliphatic carbocycles. The molecule has 1 rings (SSSR count). The lowest BCUT2D eigenvalue weighted by molar-refractivity contribution is -0.181. The average Bonchev–Trinajstić information content (AvgIpc) is 2.43. The highest BCUT2D eigenvalue weighted by molar-refractivity contribution is 9.09. The highest BCUT2D eigenvalue weighted by atomic mass is 79.9. The smallest absolute Gasteiger partial charge is 0.335 e. The molecule has 10 heteroatoms. The number of carbonyl (C=O) groups is 4. The molecule has 0 aromatic rings. The van der Waals surface area contributed by atoms with Gasteiger partial charge in [-0.05, 0) is 5.92 Å². The predicted molar refractivity (Wildman–Crippen MR) is 76.8 cm³/mol. The fourth-order valence-corrected chi connectivity index (χ4v) is 3.65. The van der Waals surface area contributed by atoms with E-state index < -0.39 is 72.0 Å². The summed E-state index contributed by atoms with van der Waals surface area (Å²) in [4.78, 5) is 45.1. The minimum absolute atomic E-state index is 0.419. The fraction of sp³-hybridized carbons (Fsp3) is 0.692. The van der Waals surface area contributed by atoms with Crippen LogP contribution in [0.1, 0.15) is 19.3 Å². The Hall–Kier alpha value is -1.68. The minimum atomic E-state index is -1.28. The van der Waals surface area contributed by atoms with Gasteiger partial charge in [0.15, 0.2) is 6.10 Å². The topological polar surface area (TPSA) is 147 Å². The van der Waals surface area contributed by atoms with Gasteiger partial charge in [-0.1, -0.05) is 15.9 Å². The molecule has 0 unspecified atom stereocenters. The number of carboxylic acid groups (broad SMARTS) is 3.